The standard InChI is InChI=1S/C14H20N2O5.C14H18N2O4.2CO2.BH.U/c1-9(13(18)14(19)20-3)6-15-7-11(17)16-10(2)4-5-21-12(16)8-15;1-8-6-15-7-10-16(9(2)4-5-20-10)13(17)12(15)11(8)14(18)19-3;2*2-1-3;;/h6,10,12H,4-5,7-8H2,1-3H3;6,9-10H,4-5,7H2,1-3H3;;;1H;/t10-,12+;9-,10+;;;;/m11..../s1/i;;;;1D;. The van der Waals surface area contributed by atoms with Crippen molar-refractivity contribution in [2.75, 3.05) is 40.5 Å². The molecule has 4 atom stereocenters. The molecule has 1 aromatic rings. The Labute approximate surface area is 309 Å². The van der Waals surface area contributed by atoms with Crippen molar-refractivity contribution < 1.29 is 93.2 Å². The minimum absolute atomic E-state index is 0. The molecular formula is C30H39BN4O13U. The second kappa shape index (κ2) is 21.3. The van der Waals surface area contributed by atoms with E-state index in [0.29, 0.717) is 37.6 Å². The smallest absolute Gasteiger partial charge is 0.379 e. The first-order valence-corrected chi connectivity index (χ1v) is 14.5. The molecule has 5 heterocycles. The van der Waals surface area contributed by atoms with E-state index < -0.39 is 17.7 Å². The van der Waals surface area contributed by atoms with Gasteiger partial charge in [-0.3, -0.25) is 14.4 Å². The molecule has 0 saturated carbocycles. The van der Waals surface area contributed by atoms with Crippen LogP contribution in [0.3, 0.4) is 0 Å². The average molecular weight is 914 g/mol. The maximum absolute atomic E-state index is 12.7. The molecule has 0 unspecified atom stereocenters. The number of nitrogens with zero attached hydrogens (tertiary/aromatic N) is 4. The summed E-state index contributed by atoms with van der Waals surface area (Å²) in [6.07, 6.45) is 4.95. The molecule has 3 saturated heterocycles. The first-order valence-electron chi connectivity index (χ1n) is 15.1. The molecule has 0 spiro atoms. The predicted octanol–water partition coefficient (Wildman–Crippen LogP) is -0.730. The zero-order valence-corrected chi connectivity index (χ0v) is 32.3. The molecule has 264 valence electrons. The van der Waals surface area contributed by atoms with Crippen LogP contribution in [-0.2, 0) is 59.1 Å². The number of amides is 2. The van der Waals surface area contributed by atoms with Crippen LogP contribution < -0.4 is 0 Å². The van der Waals surface area contributed by atoms with Gasteiger partial charge in [-0.1, -0.05) is 0 Å². The number of aromatic nitrogens is 1. The van der Waals surface area contributed by atoms with Gasteiger partial charge >= 0.3 is 24.2 Å². The number of methoxy groups -OCH3 is 2. The number of fused-ring (bicyclic) bond motifs is 3. The second-order valence-electron chi connectivity index (χ2n) is 10.8. The molecule has 0 N–H and O–H groups in total. The number of carbonyl (C=O) groups excluding carboxylic acids is 9. The van der Waals surface area contributed by atoms with Gasteiger partial charge in [0, 0.05) is 69.5 Å². The van der Waals surface area contributed by atoms with Crippen LogP contribution in [0, 0.1) is 38.0 Å². The number of esters is 2. The fraction of sp³-hybridized carbons (Fsp3) is 0.567. The van der Waals surface area contributed by atoms with E-state index in [0.717, 1.165) is 25.5 Å². The largest absolute Gasteiger partial charge is 0.465 e. The molecule has 0 aromatic carbocycles. The van der Waals surface area contributed by atoms with Crippen molar-refractivity contribution in [1.82, 2.24) is 19.3 Å². The van der Waals surface area contributed by atoms with E-state index in [1.165, 1.54) is 20.2 Å². The number of hydrogen-bond donors (Lipinski definition) is 0. The van der Waals surface area contributed by atoms with Gasteiger partial charge in [-0.25, -0.2) is 9.59 Å². The van der Waals surface area contributed by atoms with Crippen LogP contribution in [-0.4, -0.2) is 136 Å². The molecule has 3 fully saturated rings. The molecule has 17 nitrogen and oxygen atoms in total. The van der Waals surface area contributed by atoms with Gasteiger partial charge in [-0.15, -0.1) is 0 Å². The third-order valence-corrected chi connectivity index (χ3v) is 7.83. The van der Waals surface area contributed by atoms with E-state index in [-0.39, 0.29) is 91.9 Å². The molecule has 5 rings (SSSR count). The van der Waals surface area contributed by atoms with Gasteiger partial charge in [0.2, 0.25) is 5.91 Å². The van der Waals surface area contributed by atoms with Crippen LogP contribution in [0.25, 0.3) is 0 Å². The molecule has 49 heavy (non-hydrogen) atoms. The summed E-state index contributed by atoms with van der Waals surface area (Å²) in [4.78, 5) is 97.4. The molecule has 4 aliphatic heterocycles. The number of hydrogen-bond acceptors (Lipinski definition) is 14. The quantitative estimate of drug-likeness (QED) is 0.158. The number of Topliss-reactive ketones (excluding diaryl/α,β-unsaturated/α-hetero) is 1. The minimum Gasteiger partial charge on any atom is -0.465 e. The molecule has 2 amide bonds. The van der Waals surface area contributed by atoms with Crippen molar-refractivity contribution in [3.8, 4) is 0 Å². The van der Waals surface area contributed by atoms with Crippen molar-refractivity contribution >= 4 is 50.2 Å². The van der Waals surface area contributed by atoms with Crippen molar-refractivity contribution in [3.63, 3.8) is 0 Å². The minimum atomic E-state index is -0.906. The Kier molecular flexibility index (Phi) is 18.8. The van der Waals surface area contributed by atoms with Gasteiger partial charge in [0.25, 0.3) is 11.7 Å². The predicted molar refractivity (Wildman–Crippen MR) is 161 cm³/mol. The topological polar surface area (TPSA) is 205 Å². The summed E-state index contributed by atoms with van der Waals surface area (Å²) in [5.74, 6) is -2.26. The van der Waals surface area contributed by atoms with E-state index in [4.69, 9.17) is 34.7 Å². The normalized spacial score (nSPS) is 22.0. The maximum Gasteiger partial charge on any atom is 0.379 e. The Morgan fingerprint density at radius 3 is 1.96 bits per heavy atom. The van der Waals surface area contributed by atoms with Crippen LogP contribution in [0.5, 0.6) is 0 Å². The molecule has 2 radical (unpaired) electrons. The Hall–Kier alpha value is -3.83. The second-order valence-corrected chi connectivity index (χ2v) is 10.8. The fourth-order valence-electron chi connectivity index (χ4n) is 5.70. The zero-order valence-electron chi connectivity index (χ0n) is 29.1. The third kappa shape index (κ3) is 11.1. The van der Waals surface area contributed by atoms with Crippen LogP contribution in [0.4, 0.5) is 0 Å². The number of piperazine rings is 1. The van der Waals surface area contributed by atoms with Gasteiger partial charge < -0.3 is 38.2 Å². The van der Waals surface area contributed by atoms with E-state index in [2.05, 4.69) is 13.1 Å². The van der Waals surface area contributed by atoms with Crippen LogP contribution in [0.2, 0.25) is 0 Å². The van der Waals surface area contributed by atoms with E-state index >= 15 is 0 Å². The molecule has 1 aromatic heterocycles. The summed E-state index contributed by atoms with van der Waals surface area (Å²) in [6.45, 7) is 9.86. The number of ether oxygens (including phenoxy) is 4. The number of aryl methyl sites for hydroxylation is 1. The summed E-state index contributed by atoms with van der Waals surface area (Å²) >= 11 is 0. The number of carbonyl (C=O) groups is 5. The average Bonchev–Trinajstić information content (AvgIpc) is 3.41. The Bertz CT molecular complexity index is 1450. The molecule has 4 aliphatic rings. The summed E-state index contributed by atoms with van der Waals surface area (Å²) in [5, 5.41) is 0. The summed E-state index contributed by atoms with van der Waals surface area (Å²) < 4.78 is 27.6. The van der Waals surface area contributed by atoms with E-state index in [9.17, 15) is 24.0 Å². The van der Waals surface area contributed by atoms with Crippen molar-refractivity contribution in [3.05, 3.63) is 34.8 Å². The van der Waals surface area contributed by atoms with Crippen LogP contribution >= 0.6 is 0 Å². The Morgan fingerprint density at radius 1 is 0.939 bits per heavy atom. The van der Waals surface area contributed by atoms with Crippen molar-refractivity contribution in [1.29, 1.82) is 1.34 Å². The number of ketones is 1. The van der Waals surface area contributed by atoms with Gasteiger partial charge in [0.1, 0.15) is 11.9 Å². The first kappa shape index (κ1) is 43.2. The molecular weight excluding hydrogens is 873 g/mol. The zero-order chi connectivity index (χ0) is 37.4. The third-order valence-electron chi connectivity index (χ3n) is 7.83. The van der Waals surface area contributed by atoms with Crippen molar-refractivity contribution in [2.45, 2.75) is 71.6 Å². The summed E-state index contributed by atoms with van der Waals surface area (Å²) in [6, 6.07) is 0.288. The van der Waals surface area contributed by atoms with E-state index in [1.807, 2.05) is 31.5 Å². The molecule has 0 bridgehead atoms. The first-order chi connectivity index (χ1) is 23.3. The molecule has 19 heteroatoms. The van der Waals surface area contributed by atoms with E-state index in [1.54, 1.807) is 14.7 Å². The summed E-state index contributed by atoms with van der Waals surface area (Å²) in [7, 11) is 6.24. The number of rotatable bonds is 4. The monoisotopic (exact) mass is 913 g/mol. The molecule has 0 aliphatic carbocycles. The van der Waals surface area contributed by atoms with Gasteiger partial charge in [0.15, 0.2) is 6.23 Å². The maximum atomic E-state index is 12.7. The van der Waals surface area contributed by atoms with Gasteiger partial charge in [0.05, 0.1) is 52.6 Å². The van der Waals surface area contributed by atoms with Crippen molar-refractivity contribution in [2.24, 2.45) is 0 Å². The van der Waals surface area contributed by atoms with Crippen LogP contribution in [0.15, 0.2) is 18.0 Å². The fourth-order valence-corrected chi connectivity index (χ4v) is 5.70. The Morgan fingerprint density at radius 2 is 1.45 bits per heavy atom. The van der Waals surface area contributed by atoms with Crippen LogP contribution in [0.1, 0.15) is 60.0 Å². The van der Waals surface area contributed by atoms with Gasteiger partial charge in [-0.05, 0) is 47.4 Å². The SMILES string of the molecule is COC(=O)C(=O)C(C)=CN1CC(=O)N2[C@H](C)CCO[C@H]2C1.COC(=O)c1c(C)cn2c1C(=O)N1[C@H](C)CCO[C@H]1C2.O=C=O.O=C=O.[2H][B].[U]. The summed E-state index contributed by atoms with van der Waals surface area (Å²) in [5.41, 5.74) is 1.79. The Balaban J connectivity index is 0.000000783. The van der Waals surface area contributed by atoms with Gasteiger partial charge in [-0.2, -0.15) is 19.2 Å².